The molecule has 0 spiro atoms. The lowest BCUT2D eigenvalue weighted by Gasteiger charge is -2.14. The summed E-state index contributed by atoms with van der Waals surface area (Å²) in [4.78, 5) is 34.7. The van der Waals surface area contributed by atoms with Crippen LogP contribution in [0, 0.1) is 0 Å². The molecule has 7 heteroatoms. The molecule has 17 heavy (non-hydrogen) atoms. The van der Waals surface area contributed by atoms with Crippen LogP contribution in [0.15, 0.2) is 12.7 Å². The third-order valence-corrected chi connectivity index (χ3v) is 1.70. The van der Waals surface area contributed by atoms with Gasteiger partial charge in [0.25, 0.3) is 0 Å². The summed E-state index contributed by atoms with van der Waals surface area (Å²) >= 11 is 0. The van der Waals surface area contributed by atoms with E-state index in [1.807, 2.05) is 0 Å². The van der Waals surface area contributed by atoms with Gasteiger partial charge in [0.2, 0.25) is 5.91 Å². The fourth-order valence-electron chi connectivity index (χ4n) is 0.961. The molecule has 0 saturated carbocycles. The minimum absolute atomic E-state index is 0.0157. The average Bonchev–Trinajstić information content (AvgIpc) is 2.25. The number of rotatable bonds is 6. The molecule has 0 heterocycles. The number of methoxy groups -OCH3 is 1. The molecule has 0 aromatic heterocycles. The van der Waals surface area contributed by atoms with Gasteiger partial charge >= 0.3 is 12.0 Å². The monoisotopic (exact) mass is 243 g/mol. The van der Waals surface area contributed by atoms with Crippen molar-refractivity contribution in [1.82, 2.24) is 15.5 Å². The number of carbonyl (C=O) groups is 3. The Morgan fingerprint density at radius 2 is 2.00 bits per heavy atom. The molecule has 0 bridgehead atoms. The molecule has 0 aromatic carbocycles. The molecule has 3 amide bonds. The highest BCUT2D eigenvalue weighted by Crippen LogP contribution is 1.84. The van der Waals surface area contributed by atoms with Crippen molar-refractivity contribution in [2.45, 2.75) is 0 Å². The van der Waals surface area contributed by atoms with Gasteiger partial charge in [0.15, 0.2) is 0 Å². The van der Waals surface area contributed by atoms with E-state index in [1.54, 1.807) is 7.05 Å². The molecule has 0 atom stereocenters. The average molecular weight is 243 g/mol. The lowest BCUT2D eigenvalue weighted by Crippen LogP contribution is -2.44. The third-order valence-electron chi connectivity index (χ3n) is 1.70. The van der Waals surface area contributed by atoms with Crippen LogP contribution in [-0.4, -0.2) is 56.6 Å². The highest BCUT2D eigenvalue weighted by atomic mass is 16.5. The van der Waals surface area contributed by atoms with Crippen molar-refractivity contribution in [2.75, 3.05) is 33.8 Å². The summed E-state index contributed by atoms with van der Waals surface area (Å²) in [5.41, 5.74) is 0. The summed E-state index contributed by atoms with van der Waals surface area (Å²) in [6, 6.07) is -0.596. The van der Waals surface area contributed by atoms with Gasteiger partial charge in [-0.1, -0.05) is 6.08 Å². The van der Waals surface area contributed by atoms with Gasteiger partial charge in [0.05, 0.1) is 20.2 Å². The maximum absolute atomic E-state index is 11.3. The van der Waals surface area contributed by atoms with Gasteiger partial charge in [-0.25, -0.2) is 4.79 Å². The Kier molecular flexibility index (Phi) is 7.36. The number of ether oxygens (including phenoxy) is 1. The van der Waals surface area contributed by atoms with Crippen LogP contribution >= 0.6 is 0 Å². The lowest BCUT2D eigenvalue weighted by molar-refractivity contribution is -0.141. The second-order valence-corrected chi connectivity index (χ2v) is 3.30. The number of likely N-dealkylation sites (N-methyl/N-ethyl adjacent to an activating group) is 1. The molecule has 0 aromatic rings. The Hall–Kier alpha value is -1.89. The first-order valence-electron chi connectivity index (χ1n) is 4.93. The second kappa shape index (κ2) is 8.28. The molecule has 0 saturated heterocycles. The molecule has 0 aliphatic heterocycles. The quantitative estimate of drug-likeness (QED) is 0.466. The zero-order valence-electron chi connectivity index (χ0n) is 9.99. The van der Waals surface area contributed by atoms with Gasteiger partial charge in [0.1, 0.15) is 0 Å². The van der Waals surface area contributed by atoms with E-state index in [9.17, 15) is 14.4 Å². The number of nitrogens with one attached hydrogen (secondary N) is 2. The van der Waals surface area contributed by atoms with Gasteiger partial charge < -0.3 is 10.1 Å². The Bertz CT molecular complexity index is 304. The first-order chi connectivity index (χ1) is 7.99. The summed E-state index contributed by atoms with van der Waals surface area (Å²) in [6.07, 6.45) is 1.49. The van der Waals surface area contributed by atoms with Crippen molar-refractivity contribution < 1.29 is 19.1 Å². The van der Waals surface area contributed by atoms with Crippen molar-refractivity contribution in [2.24, 2.45) is 0 Å². The van der Waals surface area contributed by atoms with Gasteiger partial charge in [-0.2, -0.15) is 0 Å². The van der Waals surface area contributed by atoms with Crippen LogP contribution in [0.2, 0.25) is 0 Å². The third kappa shape index (κ3) is 7.97. The van der Waals surface area contributed by atoms with Crippen LogP contribution in [-0.2, 0) is 14.3 Å². The van der Waals surface area contributed by atoms with Crippen LogP contribution in [0.25, 0.3) is 0 Å². The molecule has 0 aliphatic rings. The second-order valence-electron chi connectivity index (χ2n) is 3.30. The number of amides is 3. The van der Waals surface area contributed by atoms with Crippen molar-refractivity contribution in [3.8, 4) is 0 Å². The summed E-state index contributed by atoms with van der Waals surface area (Å²) in [6.45, 7) is 3.60. The lowest BCUT2D eigenvalue weighted by atomic mass is 10.5. The molecule has 0 unspecified atom stereocenters. The molecule has 96 valence electrons. The molecule has 0 radical (unpaired) electrons. The van der Waals surface area contributed by atoms with E-state index in [1.165, 1.54) is 18.1 Å². The zero-order valence-corrected chi connectivity index (χ0v) is 9.99. The topological polar surface area (TPSA) is 87.7 Å². The summed E-state index contributed by atoms with van der Waals surface area (Å²) in [5.74, 6) is -0.950. The highest BCUT2D eigenvalue weighted by molar-refractivity contribution is 5.95. The fourth-order valence-corrected chi connectivity index (χ4v) is 0.961. The predicted molar refractivity (Wildman–Crippen MR) is 61.3 cm³/mol. The largest absolute Gasteiger partial charge is 0.468 e. The van der Waals surface area contributed by atoms with E-state index in [2.05, 4.69) is 21.9 Å². The number of imide groups is 1. The van der Waals surface area contributed by atoms with Crippen molar-refractivity contribution in [3.05, 3.63) is 12.7 Å². The Labute approximate surface area is 99.8 Å². The number of hydrogen-bond acceptors (Lipinski definition) is 5. The van der Waals surface area contributed by atoms with Crippen molar-refractivity contribution in [3.63, 3.8) is 0 Å². The Morgan fingerprint density at radius 1 is 1.35 bits per heavy atom. The molecule has 7 nitrogen and oxygen atoms in total. The molecule has 0 aliphatic carbocycles. The van der Waals surface area contributed by atoms with Gasteiger partial charge in [-0.3, -0.25) is 19.8 Å². The number of hydrogen-bond donors (Lipinski definition) is 2. The Balaban J connectivity index is 3.88. The number of urea groups is 1. The molecule has 0 fully saturated rings. The fraction of sp³-hybridized carbons (Fsp3) is 0.500. The first-order valence-corrected chi connectivity index (χ1v) is 4.93. The first kappa shape index (κ1) is 15.1. The van der Waals surface area contributed by atoms with E-state index < -0.39 is 17.9 Å². The van der Waals surface area contributed by atoms with E-state index in [0.29, 0.717) is 0 Å². The smallest absolute Gasteiger partial charge is 0.321 e. The maximum Gasteiger partial charge on any atom is 0.321 e. The van der Waals surface area contributed by atoms with Gasteiger partial charge in [-0.15, -0.1) is 6.58 Å². The minimum Gasteiger partial charge on any atom is -0.468 e. The van der Waals surface area contributed by atoms with Gasteiger partial charge in [0, 0.05) is 6.54 Å². The number of carbonyl (C=O) groups excluding carboxylic acids is 3. The summed E-state index contributed by atoms with van der Waals surface area (Å²) < 4.78 is 4.43. The van der Waals surface area contributed by atoms with E-state index in [0.717, 1.165) is 0 Å². The Morgan fingerprint density at radius 3 is 2.53 bits per heavy atom. The molecule has 2 N–H and O–H groups in total. The SMILES string of the molecule is C=CCNC(=O)NC(=O)CN(C)CC(=O)OC. The minimum atomic E-state index is -0.596. The highest BCUT2D eigenvalue weighted by Gasteiger charge is 2.12. The van der Waals surface area contributed by atoms with E-state index in [-0.39, 0.29) is 19.6 Å². The van der Waals surface area contributed by atoms with Crippen LogP contribution in [0.5, 0.6) is 0 Å². The van der Waals surface area contributed by atoms with Crippen LogP contribution in [0.1, 0.15) is 0 Å². The summed E-state index contributed by atoms with van der Waals surface area (Å²) in [7, 11) is 2.83. The van der Waals surface area contributed by atoms with Crippen molar-refractivity contribution >= 4 is 17.9 Å². The summed E-state index contributed by atoms with van der Waals surface area (Å²) in [5, 5.41) is 4.50. The zero-order chi connectivity index (χ0) is 13.3. The normalized spacial score (nSPS) is 9.59. The number of esters is 1. The molecular weight excluding hydrogens is 226 g/mol. The predicted octanol–water partition coefficient (Wildman–Crippen LogP) is -0.897. The van der Waals surface area contributed by atoms with Crippen molar-refractivity contribution in [1.29, 1.82) is 0 Å². The van der Waals surface area contributed by atoms with E-state index >= 15 is 0 Å². The van der Waals surface area contributed by atoms with Crippen LogP contribution < -0.4 is 10.6 Å². The standard InChI is InChI=1S/C10H17N3O4/c1-4-5-11-10(16)12-8(14)6-13(2)7-9(15)17-3/h4H,1,5-7H2,2-3H3,(H2,11,12,14,16). The van der Waals surface area contributed by atoms with Gasteiger partial charge in [-0.05, 0) is 7.05 Å². The molecular formula is C10H17N3O4. The molecule has 0 rings (SSSR count). The van der Waals surface area contributed by atoms with Crippen LogP contribution in [0.4, 0.5) is 4.79 Å². The van der Waals surface area contributed by atoms with Crippen LogP contribution in [0.3, 0.4) is 0 Å². The van der Waals surface area contributed by atoms with E-state index in [4.69, 9.17) is 0 Å². The maximum atomic E-state index is 11.3. The number of nitrogens with zero attached hydrogens (tertiary/aromatic N) is 1.